The first-order valence-electron chi connectivity index (χ1n) is 55.9. The van der Waals surface area contributed by atoms with E-state index in [9.17, 15) is 0 Å². The van der Waals surface area contributed by atoms with Gasteiger partial charge in [0, 0.05) is 100 Å². The Morgan fingerprint density at radius 3 is 1.02 bits per heavy atom. The fourth-order valence-corrected chi connectivity index (χ4v) is 59.9. The molecule has 21 heteroatoms. The molecule has 21 rings (SSSR count). The van der Waals surface area contributed by atoms with Crippen LogP contribution in [0.5, 0.6) is 5.75 Å². The fraction of sp³-hybridized carbons (Fsp3) is 0.528. The number of rotatable bonds is 40. The number of nitrogens with zero attached hydrogens (tertiary/aromatic N) is 5. The molecule has 0 N–H and O–H groups in total. The molecule has 3 aliphatic heterocycles. The maximum Gasteiger partial charge on any atom is 0.234 e. The Bertz CT molecular complexity index is 6670. The van der Waals surface area contributed by atoms with Crippen LogP contribution in [0.2, 0.25) is 30.2 Å². The normalized spacial score (nSPS) is 15.7. The van der Waals surface area contributed by atoms with Crippen LogP contribution in [-0.4, -0.2) is 54.5 Å². The lowest BCUT2D eigenvalue weighted by atomic mass is 9.87. The van der Waals surface area contributed by atoms with Crippen molar-refractivity contribution >= 4 is 258 Å². The highest BCUT2D eigenvalue weighted by Crippen LogP contribution is 2.51. The van der Waals surface area contributed by atoms with Crippen LogP contribution in [0, 0.1) is 107 Å². The third-order valence-electron chi connectivity index (χ3n) is 31.8. The summed E-state index contributed by atoms with van der Waals surface area (Å²) < 4.78 is 21.8. The molecule has 0 amide bonds. The quantitative estimate of drug-likeness (QED) is 0.0284. The minimum atomic E-state index is -1.92. The SMILES string of the molecule is CCCCC(CC)C[Si]1(CC(CC)CCCC)c2cc(C)sc2-c2sc(C)cc21.CCCCC(CC)C[Si]1(c2ccccc2)c2cc(C)sc2-c2sc(C)cc21.CCCCCCOc1cnc(-n2c3cc(C)sc3c3sc(C)cc32)nc1.CCCCCC[Si]1(CCCCCC)c2cc(C)sc2-c2sc(C)cc21.CCCCn1c2cc(C)sc2c2sc(C)cc21.Cc1cc2c(s1)c1sc(C)cc1n2C1CCC(C)CC1. The highest BCUT2D eigenvalue weighted by molar-refractivity contribution is 7.33. The second-order valence-corrected chi connectivity index (χ2v) is 70.4. The molecular formula is C123H167N5OS12Si3. The van der Waals surface area contributed by atoms with E-state index in [1.165, 1.54) is 336 Å². The van der Waals surface area contributed by atoms with E-state index in [0.29, 0.717) is 12.0 Å². The van der Waals surface area contributed by atoms with E-state index < -0.39 is 24.2 Å². The molecule has 3 unspecified atom stereocenters. The summed E-state index contributed by atoms with van der Waals surface area (Å²) in [6, 6.07) is 49.1. The molecule has 19 heterocycles. The first-order valence-corrected chi connectivity index (χ1v) is 72.7. The van der Waals surface area contributed by atoms with Crippen molar-refractivity contribution in [1.29, 1.82) is 0 Å². The van der Waals surface area contributed by atoms with Crippen LogP contribution in [-0.2, 0) is 6.54 Å². The third kappa shape index (κ3) is 24.1. The number of aryl methyl sites for hydroxylation is 13. The Hall–Kier alpha value is -5.45. The van der Waals surface area contributed by atoms with Crippen LogP contribution >= 0.6 is 136 Å². The topological polar surface area (TPSA) is 49.8 Å². The van der Waals surface area contributed by atoms with Crippen molar-refractivity contribution in [1.82, 2.24) is 23.7 Å². The van der Waals surface area contributed by atoms with Crippen LogP contribution in [0.3, 0.4) is 0 Å². The van der Waals surface area contributed by atoms with E-state index in [4.69, 9.17) is 4.74 Å². The molecule has 4 aliphatic rings. The summed E-state index contributed by atoms with van der Waals surface area (Å²) in [5.41, 5.74) is 8.27. The lowest BCUT2D eigenvalue weighted by molar-refractivity contribution is 0.298. The molecule has 16 aromatic heterocycles. The van der Waals surface area contributed by atoms with Crippen molar-refractivity contribution in [3.63, 3.8) is 0 Å². The molecular weight excluding hydrogens is 2030 g/mol. The van der Waals surface area contributed by atoms with Crippen molar-refractivity contribution in [2.45, 2.75) is 395 Å². The minimum Gasteiger partial charge on any atom is -0.490 e. The average molecular weight is 2200 g/mol. The highest BCUT2D eigenvalue weighted by atomic mass is 32.1. The number of hydrogen-bond acceptors (Lipinski definition) is 15. The molecule has 0 spiro atoms. The first kappa shape index (κ1) is 111. The summed E-state index contributed by atoms with van der Waals surface area (Å²) in [5.74, 6) is 5.01. The molecule has 1 saturated carbocycles. The largest absolute Gasteiger partial charge is 0.490 e. The summed E-state index contributed by atoms with van der Waals surface area (Å²) in [6.07, 6.45) is 44.0. The van der Waals surface area contributed by atoms with Crippen LogP contribution in [0.15, 0.2) is 116 Å². The predicted molar refractivity (Wildman–Crippen MR) is 667 cm³/mol. The van der Waals surface area contributed by atoms with Gasteiger partial charge in [-0.1, -0.05) is 261 Å². The summed E-state index contributed by atoms with van der Waals surface area (Å²) in [7, 11) is -5.11. The van der Waals surface area contributed by atoms with Crippen LogP contribution in [0.1, 0.15) is 333 Å². The van der Waals surface area contributed by atoms with Gasteiger partial charge in [0.25, 0.3) is 0 Å². The van der Waals surface area contributed by atoms with E-state index in [2.05, 4.69) is 331 Å². The van der Waals surface area contributed by atoms with Gasteiger partial charge in [0.15, 0.2) is 13.8 Å². The van der Waals surface area contributed by atoms with E-state index in [1.807, 2.05) is 111 Å². The first-order chi connectivity index (χ1) is 69.7. The van der Waals surface area contributed by atoms with Gasteiger partial charge in [0.1, 0.15) is 16.1 Å². The molecule has 6 nitrogen and oxygen atoms in total. The second kappa shape index (κ2) is 50.9. The number of benzene rings is 1. The second-order valence-electron chi connectivity index (χ2n) is 43.2. The number of fused-ring (bicyclic) bond motifs is 18. The van der Waals surface area contributed by atoms with Gasteiger partial charge < -0.3 is 13.9 Å². The lowest BCUT2D eigenvalue weighted by Gasteiger charge is -2.35. The van der Waals surface area contributed by atoms with E-state index in [0.717, 1.165) is 49.0 Å². The van der Waals surface area contributed by atoms with Gasteiger partial charge in [-0.3, -0.25) is 4.57 Å². The van der Waals surface area contributed by atoms with Gasteiger partial charge in [-0.15, -0.1) is 136 Å². The van der Waals surface area contributed by atoms with Gasteiger partial charge in [-0.25, -0.2) is 9.97 Å². The third-order valence-corrected chi connectivity index (χ3v) is 62.2. The van der Waals surface area contributed by atoms with Crippen molar-refractivity contribution in [3.8, 4) is 41.0 Å². The summed E-state index contributed by atoms with van der Waals surface area (Å²) >= 11 is 23.9. The molecule has 1 aliphatic carbocycles. The van der Waals surface area contributed by atoms with Gasteiger partial charge in [0.05, 0.1) is 80.3 Å². The molecule has 0 bridgehead atoms. The van der Waals surface area contributed by atoms with E-state index in [-0.39, 0.29) is 0 Å². The zero-order valence-corrected chi connectivity index (χ0v) is 104. The Balaban J connectivity index is 0.000000125. The van der Waals surface area contributed by atoms with Crippen molar-refractivity contribution in [3.05, 3.63) is 174 Å². The minimum absolute atomic E-state index is 0.707. The Labute approximate surface area is 916 Å². The van der Waals surface area contributed by atoms with Gasteiger partial charge in [-0.2, -0.15) is 0 Å². The molecule has 3 atom stereocenters. The molecule has 1 aromatic carbocycles. The average Bonchev–Trinajstić information content (AvgIpc) is 1.52. The fourth-order valence-electron chi connectivity index (χ4n) is 24.4. The Morgan fingerprint density at radius 2 is 0.646 bits per heavy atom. The number of unbranched alkanes of at least 4 members (excludes halogenated alkanes) is 13. The number of ether oxygens (including phenoxy) is 1. The standard InChI is InChI=1S/C26H42S2Si.C24H30S2Si.C22H34S2Si.C20H23N3OS2.C17H21NS2.C14H17NS2/c1-7-11-13-21(9-3)17-29(18-22(10-4)14-12-8-2)23-15-19(5)27-25(23)26-24(29)16-20(6)28-26;1-5-7-11-19(6-2)16-27(20-12-9-8-10-13-20)21-14-17(3)25-23(21)24-22(27)15-18(4)26-24;1-5-7-9-11-13-25(14-12-10-8-6-2)19-15-17(3)23-21(19)22-20(25)16-18(4)24-22;1-4-5-6-7-8-24-15-11-21-20(22-12-15)23-16-9-13(2)25-18(16)19-17(23)10-14(3)26-19;1-10-4-6-13(7-5-10)18-14-8-11(2)19-16(14)17-15(18)9-12(3)20-17;1-4-5-6-15-11-7-9(2)16-13(11)14-12(15)8-10(3)17-14/h15-16,21-22H,7-14,17-18H2,1-6H3;8-10,12-15,19H,5-7,11,16H2,1-4H3;15-16H,5-14H2,1-4H3;9-12H,4-8H2,1-3H3;8-10,13H,4-7H2,1-3H3;7-8H,4-6H2,1-3H3. The van der Waals surface area contributed by atoms with Crippen molar-refractivity contribution < 1.29 is 4.74 Å². The van der Waals surface area contributed by atoms with Gasteiger partial charge in [-0.05, 0) is 285 Å². The van der Waals surface area contributed by atoms with Crippen LogP contribution < -0.4 is 41.0 Å². The highest BCUT2D eigenvalue weighted by Gasteiger charge is 2.53. The van der Waals surface area contributed by atoms with Crippen LogP contribution in [0.25, 0.3) is 96.5 Å². The smallest absolute Gasteiger partial charge is 0.234 e. The van der Waals surface area contributed by atoms with Crippen LogP contribution in [0.4, 0.5) is 0 Å². The lowest BCUT2D eigenvalue weighted by Crippen LogP contribution is -2.65. The summed E-state index contributed by atoms with van der Waals surface area (Å²) in [6.45, 7) is 54.9. The summed E-state index contributed by atoms with van der Waals surface area (Å²) in [5, 5.41) is 12.4. The monoisotopic (exact) mass is 2200 g/mol. The van der Waals surface area contributed by atoms with Gasteiger partial charge in [0.2, 0.25) is 5.95 Å². The van der Waals surface area contributed by atoms with E-state index in [1.54, 1.807) is 57.2 Å². The van der Waals surface area contributed by atoms with Gasteiger partial charge >= 0.3 is 0 Å². The molecule has 1 fully saturated rings. The Morgan fingerprint density at radius 1 is 0.326 bits per heavy atom. The predicted octanol–water partition coefficient (Wildman–Crippen LogP) is 39.5. The van der Waals surface area contributed by atoms with Crippen molar-refractivity contribution in [2.24, 2.45) is 23.7 Å². The zero-order valence-electron chi connectivity index (χ0n) is 91.6. The molecule has 0 radical (unpaired) electrons. The summed E-state index contributed by atoms with van der Waals surface area (Å²) in [4.78, 5) is 36.5. The molecule has 144 heavy (non-hydrogen) atoms. The number of thiophene rings is 12. The number of hydrogen-bond donors (Lipinski definition) is 0. The molecule has 774 valence electrons. The number of aromatic nitrogens is 5. The van der Waals surface area contributed by atoms with E-state index >= 15 is 0 Å². The molecule has 17 aromatic rings. The molecule has 0 saturated heterocycles. The zero-order chi connectivity index (χ0) is 102. The maximum absolute atomic E-state index is 5.78. The maximum atomic E-state index is 5.78. The Kier molecular flexibility index (Phi) is 39.3. The van der Waals surface area contributed by atoms with Crippen molar-refractivity contribution in [2.75, 3.05) is 6.61 Å².